The van der Waals surface area contributed by atoms with Gasteiger partial charge in [0.05, 0.1) is 0 Å². The highest BCUT2D eigenvalue weighted by Crippen LogP contribution is 2.31. The maximum atomic E-state index is 13.2. The van der Waals surface area contributed by atoms with Crippen LogP contribution in [0, 0.1) is 6.92 Å². The summed E-state index contributed by atoms with van der Waals surface area (Å²) < 4.78 is 2.06. The van der Waals surface area contributed by atoms with Crippen molar-refractivity contribution in [3.05, 3.63) is 35.5 Å². The number of aryl methyl sites for hydroxylation is 2. The van der Waals surface area contributed by atoms with Gasteiger partial charge in [0, 0.05) is 36.6 Å². The summed E-state index contributed by atoms with van der Waals surface area (Å²) in [6.45, 7) is 4.07. The number of amides is 1. The molecule has 0 unspecified atom stereocenters. The Hall–Kier alpha value is -1.81. The first kappa shape index (κ1) is 13.8. The van der Waals surface area contributed by atoms with E-state index in [0.29, 0.717) is 12.1 Å². The number of carbonyl (C=O) groups excluding carboxylic acids is 1. The average molecular weight is 297 g/mol. The molecule has 4 heteroatoms. The van der Waals surface area contributed by atoms with Crippen molar-refractivity contribution in [1.82, 2.24) is 14.8 Å². The van der Waals surface area contributed by atoms with Gasteiger partial charge in [-0.05, 0) is 50.4 Å². The Bertz CT molecular complexity index is 719. The van der Waals surface area contributed by atoms with Crippen molar-refractivity contribution in [3.63, 3.8) is 0 Å². The predicted molar refractivity (Wildman–Crippen MR) is 88.1 cm³/mol. The molecule has 22 heavy (non-hydrogen) atoms. The average Bonchev–Trinajstić information content (AvgIpc) is 2.96. The summed E-state index contributed by atoms with van der Waals surface area (Å²) in [6.07, 6.45) is 3.36. The number of nitrogens with one attached hydrogen (secondary N) is 1. The van der Waals surface area contributed by atoms with Crippen molar-refractivity contribution in [3.8, 4) is 0 Å². The minimum Gasteiger partial charge on any atom is -0.340 e. The Morgan fingerprint density at radius 2 is 2.05 bits per heavy atom. The van der Waals surface area contributed by atoms with Gasteiger partial charge in [0.1, 0.15) is 5.69 Å². The van der Waals surface area contributed by atoms with E-state index in [2.05, 4.69) is 46.0 Å². The van der Waals surface area contributed by atoms with Crippen LogP contribution in [0.2, 0.25) is 0 Å². The van der Waals surface area contributed by atoms with Crippen LogP contribution in [0.25, 0.3) is 10.9 Å². The van der Waals surface area contributed by atoms with Gasteiger partial charge >= 0.3 is 0 Å². The predicted octanol–water partition coefficient (Wildman–Crippen LogP) is 2.45. The molecule has 1 amide bonds. The second kappa shape index (κ2) is 5.13. The van der Waals surface area contributed by atoms with Gasteiger partial charge in [-0.1, -0.05) is 12.1 Å². The van der Waals surface area contributed by atoms with E-state index in [1.54, 1.807) is 0 Å². The zero-order valence-corrected chi connectivity index (χ0v) is 13.3. The van der Waals surface area contributed by atoms with Crippen LogP contribution in [-0.2, 0) is 7.05 Å². The van der Waals surface area contributed by atoms with Crippen LogP contribution in [0.3, 0.4) is 0 Å². The molecule has 4 nitrogen and oxygen atoms in total. The molecule has 1 N–H and O–H groups in total. The third-order valence-corrected chi connectivity index (χ3v) is 5.41. The van der Waals surface area contributed by atoms with Gasteiger partial charge in [0.2, 0.25) is 0 Å². The minimum atomic E-state index is 0.203. The summed E-state index contributed by atoms with van der Waals surface area (Å²) >= 11 is 0. The highest BCUT2D eigenvalue weighted by molar-refractivity contribution is 6.00. The van der Waals surface area contributed by atoms with Crippen molar-refractivity contribution in [1.29, 1.82) is 0 Å². The van der Waals surface area contributed by atoms with E-state index < -0.39 is 0 Å². The first-order chi connectivity index (χ1) is 10.7. The molecule has 1 aromatic carbocycles. The van der Waals surface area contributed by atoms with Crippen LogP contribution in [-0.4, -0.2) is 40.5 Å². The van der Waals surface area contributed by atoms with Crippen molar-refractivity contribution >= 4 is 16.8 Å². The molecule has 2 atom stereocenters. The number of carbonyl (C=O) groups is 1. The van der Waals surface area contributed by atoms with E-state index in [0.717, 1.165) is 43.6 Å². The molecule has 0 radical (unpaired) electrons. The largest absolute Gasteiger partial charge is 0.340 e. The fourth-order valence-electron chi connectivity index (χ4n) is 4.16. The van der Waals surface area contributed by atoms with Gasteiger partial charge in [0.25, 0.3) is 5.91 Å². The van der Waals surface area contributed by atoms with Crippen LogP contribution in [0.5, 0.6) is 0 Å². The van der Waals surface area contributed by atoms with Gasteiger partial charge < -0.3 is 14.8 Å². The molecule has 0 saturated carbocycles. The van der Waals surface area contributed by atoms with Gasteiger partial charge in [-0.15, -0.1) is 0 Å². The Balaban J connectivity index is 1.77. The molecule has 4 rings (SSSR count). The molecule has 2 bridgehead atoms. The lowest BCUT2D eigenvalue weighted by Crippen LogP contribution is -2.43. The van der Waals surface area contributed by atoms with E-state index in [-0.39, 0.29) is 5.91 Å². The molecule has 2 saturated heterocycles. The van der Waals surface area contributed by atoms with Crippen LogP contribution in [0.1, 0.15) is 35.3 Å². The topological polar surface area (TPSA) is 37.3 Å². The van der Waals surface area contributed by atoms with E-state index in [4.69, 9.17) is 0 Å². The summed E-state index contributed by atoms with van der Waals surface area (Å²) in [5.41, 5.74) is 3.19. The molecule has 116 valence electrons. The summed E-state index contributed by atoms with van der Waals surface area (Å²) in [5.74, 6) is 0.203. The van der Waals surface area contributed by atoms with Crippen molar-refractivity contribution in [2.24, 2.45) is 7.05 Å². The normalized spacial score (nSPS) is 24.7. The maximum absolute atomic E-state index is 13.2. The van der Waals surface area contributed by atoms with Crippen LogP contribution in [0.15, 0.2) is 24.3 Å². The van der Waals surface area contributed by atoms with Crippen LogP contribution >= 0.6 is 0 Å². The molecule has 2 aromatic rings. The Morgan fingerprint density at radius 3 is 2.86 bits per heavy atom. The van der Waals surface area contributed by atoms with Crippen molar-refractivity contribution in [2.45, 2.75) is 38.3 Å². The second-order valence-corrected chi connectivity index (χ2v) is 6.69. The third kappa shape index (κ3) is 1.97. The van der Waals surface area contributed by atoms with Crippen LogP contribution < -0.4 is 5.32 Å². The monoisotopic (exact) mass is 297 g/mol. The Morgan fingerprint density at radius 1 is 1.23 bits per heavy atom. The van der Waals surface area contributed by atoms with Gasteiger partial charge in [-0.2, -0.15) is 0 Å². The van der Waals surface area contributed by atoms with Crippen molar-refractivity contribution in [2.75, 3.05) is 13.1 Å². The maximum Gasteiger partial charge on any atom is 0.271 e. The Labute approximate surface area is 131 Å². The van der Waals surface area contributed by atoms with E-state index in [9.17, 15) is 4.79 Å². The summed E-state index contributed by atoms with van der Waals surface area (Å²) in [5, 5.41) is 4.65. The zero-order chi connectivity index (χ0) is 15.3. The summed E-state index contributed by atoms with van der Waals surface area (Å²) in [4.78, 5) is 15.3. The minimum absolute atomic E-state index is 0.203. The fourth-order valence-corrected chi connectivity index (χ4v) is 4.16. The van der Waals surface area contributed by atoms with E-state index >= 15 is 0 Å². The number of hydrogen-bond donors (Lipinski definition) is 1. The Kier molecular flexibility index (Phi) is 3.22. The van der Waals surface area contributed by atoms with Gasteiger partial charge in [-0.25, -0.2) is 0 Å². The highest BCUT2D eigenvalue weighted by Gasteiger charge is 2.39. The molecule has 2 aliphatic heterocycles. The number of benzene rings is 1. The zero-order valence-electron chi connectivity index (χ0n) is 13.3. The molecule has 0 spiro atoms. The summed E-state index contributed by atoms with van der Waals surface area (Å²) in [7, 11) is 2.01. The van der Waals surface area contributed by atoms with Gasteiger partial charge in [-0.3, -0.25) is 4.79 Å². The number of hydrogen-bond acceptors (Lipinski definition) is 2. The molecule has 2 aliphatic rings. The van der Waals surface area contributed by atoms with Crippen molar-refractivity contribution < 1.29 is 4.79 Å². The number of rotatable bonds is 1. The molecular weight excluding hydrogens is 274 g/mol. The smallest absolute Gasteiger partial charge is 0.271 e. The van der Waals surface area contributed by atoms with E-state index in [1.807, 2.05) is 7.05 Å². The number of nitrogens with zero attached hydrogens (tertiary/aromatic N) is 2. The molecule has 2 fully saturated rings. The first-order valence-corrected chi connectivity index (χ1v) is 8.25. The quantitative estimate of drug-likeness (QED) is 0.878. The summed E-state index contributed by atoms with van der Waals surface area (Å²) in [6, 6.07) is 9.11. The fraction of sp³-hybridized carbons (Fsp3) is 0.500. The molecular formula is C18H23N3O. The second-order valence-electron chi connectivity index (χ2n) is 6.69. The molecule has 0 aliphatic carbocycles. The van der Waals surface area contributed by atoms with E-state index in [1.165, 1.54) is 10.9 Å². The van der Waals surface area contributed by atoms with Crippen LogP contribution in [0.4, 0.5) is 0 Å². The molecule has 3 heterocycles. The lowest BCUT2D eigenvalue weighted by molar-refractivity contribution is 0.0671. The lowest BCUT2D eigenvalue weighted by atomic mass is 10.1. The lowest BCUT2D eigenvalue weighted by Gasteiger charge is -2.28. The first-order valence-electron chi connectivity index (χ1n) is 8.25. The van der Waals surface area contributed by atoms with Gasteiger partial charge in [0.15, 0.2) is 0 Å². The SMILES string of the molecule is Cc1cccc2c1cc(C(=O)N1[C@H]3CCNC[C@@H]1CC3)n2C. The number of fused-ring (bicyclic) bond motifs is 3. The standard InChI is InChI=1S/C18H23N3O/c1-12-4-3-5-16-15(12)10-17(20(16)2)18(22)21-13-6-7-14(21)11-19-9-8-13/h3-5,10,13-14,19H,6-9,11H2,1-2H3/t13-,14+/m1/s1. The molecule has 1 aromatic heterocycles. The number of aromatic nitrogens is 1. The third-order valence-electron chi connectivity index (χ3n) is 5.41. The highest BCUT2D eigenvalue weighted by atomic mass is 16.2.